The Labute approximate surface area is 151 Å². The van der Waals surface area contributed by atoms with Crippen LogP contribution in [-0.4, -0.2) is 34.7 Å². The van der Waals surface area contributed by atoms with Crippen LogP contribution in [0.4, 0.5) is 0 Å². The van der Waals surface area contributed by atoms with Gasteiger partial charge in [0.2, 0.25) is 5.91 Å². The van der Waals surface area contributed by atoms with Gasteiger partial charge < -0.3 is 10.2 Å². The highest BCUT2D eigenvalue weighted by molar-refractivity contribution is 5.93. The standard InChI is InChI=1S/C21H30N2O2/c1-13(2)20(24)19-11-7-10-18-16-9-6-5-8-15(16)12-17(22-14(3)4)21(25)23(18)19/h5-6,8-9,13-14,17-19,22H,7,10-12H2,1-4H3. The smallest absolute Gasteiger partial charge is 0.241 e. The van der Waals surface area contributed by atoms with Gasteiger partial charge in [0, 0.05) is 12.0 Å². The van der Waals surface area contributed by atoms with E-state index in [2.05, 4.69) is 31.3 Å². The van der Waals surface area contributed by atoms with Crippen LogP contribution in [-0.2, 0) is 16.0 Å². The Morgan fingerprint density at radius 1 is 1.16 bits per heavy atom. The number of nitrogens with zero attached hydrogens (tertiary/aromatic N) is 1. The molecule has 3 unspecified atom stereocenters. The lowest BCUT2D eigenvalue weighted by Gasteiger charge is -2.42. The maximum Gasteiger partial charge on any atom is 0.241 e. The van der Waals surface area contributed by atoms with Gasteiger partial charge >= 0.3 is 0 Å². The van der Waals surface area contributed by atoms with Crippen molar-refractivity contribution in [2.24, 2.45) is 5.92 Å². The number of hydrogen-bond donors (Lipinski definition) is 1. The summed E-state index contributed by atoms with van der Waals surface area (Å²) in [4.78, 5) is 28.2. The number of hydrogen-bond acceptors (Lipinski definition) is 3. The molecule has 2 heterocycles. The molecule has 0 radical (unpaired) electrons. The van der Waals surface area contributed by atoms with Gasteiger partial charge in [-0.3, -0.25) is 9.59 Å². The van der Waals surface area contributed by atoms with E-state index in [-0.39, 0.29) is 41.8 Å². The number of Topliss-reactive ketones (excluding diaryl/α,β-unsaturated/α-hetero) is 1. The quantitative estimate of drug-likeness (QED) is 0.914. The molecule has 1 fully saturated rings. The topological polar surface area (TPSA) is 49.4 Å². The van der Waals surface area contributed by atoms with Crippen molar-refractivity contribution in [3.8, 4) is 0 Å². The number of ketones is 1. The minimum absolute atomic E-state index is 0.0316. The summed E-state index contributed by atoms with van der Waals surface area (Å²) in [5.41, 5.74) is 2.46. The highest BCUT2D eigenvalue weighted by Crippen LogP contribution is 2.39. The predicted molar refractivity (Wildman–Crippen MR) is 99.3 cm³/mol. The van der Waals surface area contributed by atoms with Crippen molar-refractivity contribution in [3.63, 3.8) is 0 Å². The number of amides is 1. The summed E-state index contributed by atoms with van der Waals surface area (Å²) in [6, 6.07) is 8.08. The number of carbonyl (C=O) groups is 2. The molecule has 1 N–H and O–H groups in total. The second-order valence-corrected chi connectivity index (χ2v) is 8.04. The molecule has 0 aromatic heterocycles. The number of nitrogens with one attached hydrogen (secondary N) is 1. The fourth-order valence-corrected chi connectivity index (χ4v) is 4.34. The Bertz CT molecular complexity index is 653. The van der Waals surface area contributed by atoms with Gasteiger partial charge in [0.05, 0.1) is 18.1 Å². The molecule has 0 bridgehead atoms. The van der Waals surface area contributed by atoms with Gasteiger partial charge in [0.15, 0.2) is 5.78 Å². The first-order chi connectivity index (χ1) is 11.9. The van der Waals surface area contributed by atoms with Crippen LogP contribution in [0.25, 0.3) is 0 Å². The van der Waals surface area contributed by atoms with E-state index >= 15 is 0 Å². The van der Waals surface area contributed by atoms with Crippen molar-refractivity contribution in [1.82, 2.24) is 10.2 Å². The first kappa shape index (κ1) is 18.1. The molecule has 136 valence electrons. The maximum absolute atomic E-state index is 13.4. The average Bonchev–Trinajstić information content (AvgIpc) is 2.69. The lowest BCUT2D eigenvalue weighted by atomic mass is 9.86. The molecule has 25 heavy (non-hydrogen) atoms. The number of rotatable bonds is 4. The van der Waals surface area contributed by atoms with Crippen molar-refractivity contribution in [1.29, 1.82) is 0 Å². The number of benzene rings is 1. The Morgan fingerprint density at radius 3 is 2.56 bits per heavy atom. The molecule has 2 aliphatic rings. The highest BCUT2D eigenvalue weighted by atomic mass is 16.2. The summed E-state index contributed by atoms with van der Waals surface area (Å²) in [5, 5.41) is 3.43. The molecule has 1 aromatic rings. The van der Waals surface area contributed by atoms with Crippen LogP contribution >= 0.6 is 0 Å². The van der Waals surface area contributed by atoms with Gasteiger partial charge in [0.25, 0.3) is 0 Å². The number of carbonyl (C=O) groups excluding carboxylic acids is 2. The van der Waals surface area contributed by atoms with Crippen molar-refractivity contribution in [2.45, 2.75) is 77.5 Å². The molecule has 2 aliphatic heterocycles. The van der Waals surface area contributed by atoms with Crippen molar-refractivity contribution in [3.05, 3.63) is 35.4 Å². The minimum Gasteiger partial charge on any atom is -0.324 e. The van der Waals surface area contributed by atoms with E-state index in [0.717, 1.165) is 19.3 Å². The zero-order chi connectivity index (χ0) is 18.1. The average molecular weight is 342 g/mol. The van der Waals surface area contributed by atoms with Crippen LogP contribution in [0.15, 0.2) is 24.3 Å². The Hall–Kier alpha value is -1.68. The Kier molecular flexibility index (Phi) is 5.28. The van der Waals surface area contributed by atoms with Crippen LogP contribution in [0.2, 0.25) is 0 Å². The molecule has 1 aromatic carbocycles. The van der Waals surface area contributed by atoms with Gasteiger partial charge in [-0.2, -0.15) is 0 Å². The summed E-state index contributed by atoms with van der Waals surface area (Å²) in [6.45, 7) is 8.00. The van der Waals surface area contributed by atoms with Crippen LogP contribution in [0.3, 0.4) is 0 Å². The molecule has 0 aliphatic carbocycles. The summed E-state index contributed by atoms with van der Waals surface area (Å²) in [6.07, 6.45) is 3.42. The minimum atomic E-state index is -0.283. The lowest BCUT2D eigenvalue weighted by Crippen LogP contribution is -2.56. The first-order valence-corrected chi connectivity index (χ1v) is 9.60. The van der Waals surface area contributed by atoms with Crippen LogP contribution in [0, 0.1) is 5.92 Å². The third kappa shape index (κ3) is 3.50. The monoisotopic (exact) mass is 342 g/mol. The second-order valence-electron chi connectivity index (χ2n) is 8.04. The molecular formula is C21H30N2O2. The van der Waals surface area contributed by atoms with Gasteiger partial charge in [-0.15, -0.1) is 0 Å². The Morgan fingerprint density at radius 2 is 1.88 bits per heavy atom. The first-order valence-electron chi connectivity index (χ1n) is 9.60. The molecule has 3 atom stereocenters. The summed E-state index contributed by atoms with van der Waals surface area (Å²) >= 11 is 0. The van der Waals surface area contributed by atoms with Gasteiger partial charge in [0.1, 0.15) is 0 Å². The predicted octanol–water partition coefficient (Wildman–Crippen LogP) is 3.26. The SMILES string of the molecule is CC(C)NC1Cc2ccccc2C2CCCC(C(=O)C(C)C)N2C1=O. The van der Waals surface area contributed by atoms with E-state index < -0.39 is 0 Å². The largest absolute Gasteiger partial charge is 0.324 e. The summed E-state index contributed by atoms with van der Waals surface area (Å²) in [5.74, 6) is 0.237. The maximum atomic E-state index is 13.4. The van der Waals surface area contributed by atoms with Crippen molar-refractivity contribution < 1.29 is 9.59 Å². The van der Waals surface area contributed by atoms with E-state index in [1.54, 1.807) is 0 Å². The van der Waals surface area contributed by atoms with Gasteiger partial charge in [-0.25, -0.2) is 0 Å². The molecule has 1 saturated heterocycles. The normalized spacial score (nSPS) is 26.4. The zero-order valence-corrected chi connectivity index (χ0v) is 15.8. The second kappa shape index (κ2) is 7.28. The summed E-state index contributed by atoms with van der Waals surface area (Å²) in [7, 11) is 0. The fourth-order valence-electron chi connectivity index (χ4n) is 4.34. The van der Waals surface area contributed by atoms with Gasteiger partial charge in [-0.1, -0.05) is 52.0 Å². The van der Waals surface area contributed by atoms with E-state index in [0.29, 0.717) is 6.42 Å². The highest BCUT2D eigenvalue weighted by Gasteiger charge is 2.44. The number of fused-ring (bicyclic) bond motifs is 3. The molecule has 4 nitrogen and oxygen atoms in total. The van der Waals surface area contributed by atoms with Crippen molar-refractivity contribution >= 4 is 11.7 Å². The van der Waals surface area contributed by atoms with Gasteiger partial charge in [-0.05, 0) is 36.8 Å². The third-order valence-electron chi connectivity index (χ3n) is 5.45. The zero-order valence-electron chi connectivity index (χ0n) is 15.8. The van der Waals surface area contributed by atoms with Crippen LogP contribution < -0.4 is 5.32 Å². The summed E-state index contributed by atoms with van der Waals surface area (Å²) < 4.78 is 0. The Balaban J connectivity index is 2.05. The third-order valence-corrected chi connectivity index (χ3v) is 5.45. The van der Waals surface area contributed by atoms with Crippen LogP contribution in [0.5, 0.6) is 0 Å². The lowest BCUT2D eigenvalue weighted by molar-refractivity contribution is -0.147. The molecule has 1 amide bonds. The van der Waals surface area contributed by atoms with E-state index in [1.807, 2.05) is 30.9 Å². The molecule has 0 saturated carbocycles. The van der Waals surface area contributed by atoms with Crippen molar-refractivity contribution in [2.75, 3.05) is 0 Å². The van der Waals surface area contributed by atoms with E-state index in [4.69, 9.17) is 0 Å². The van der Waals surface area contributed by atoms with Crippen LogP contribution in [0.1, 0.15) is 64.1 Å². The fraction of sp³-hybridized carbons (Fsp3) is 0.619. The molecule has 0 spiro atoms. The molecular weight excluding hydrogens is 312 g/mol. The number of piperidine rings is 1. The van der Waals surface area contributed by atoms with E-state index in [9.17, 15) is 9.59 Å². The molecule has 4 heteroatoms. The molecule has 3 rings (SSSR count). The van der Waals surface area contributed by atoms with E-state index in [1.165, 1.54) is 11.1 Å².